The smallest absolute Gasteiger partial charge is 0.343 e. The van der Waals surface area contributed by atoms with Gasteiger partial charge in [0.05, 0.1) is 11.3 Å². The molecule has 0 unspecified atom stereocenters. The Labute approximate surface area is 151 Å². The summed E-state index contributed by atoms with van der Waals surface area (Å²) in [4.78, 5) is 23.6. The van der Waals surface area contributed by atoms with Crippen LogP contribution in [0.2, 0.25) is 0 Å². The molecule has 128 valence electrons. The number of hydrogen-bond donors (Lipinski definition) is 1. The van der Waals surface area contributed by atoms with E-state index in [4.69, 9.17) is 10.1 Å². The molecule has 3 aromatic rings. The van der Waals surface area contributed by atoms with Crippen LogP contribution in [0, 0.1) is 5.41 Å². The van der Waals surface area contributed by atoms with Crippen LogP contribution < -0.4 is 4.74 Å². The van der Waals surface area contributed by atoms with Gasteiger partial charge in [-0.15, -0.1) is 0 Å². The number of esters is 1. The zero-order chi connectivity index (χ0) is 18.5. The van der Waals surface area contributed by atoms with E-state index < -0.39 is 5.97 Å². The molecule has 0 fully saturated rings. The van der Waals surface area contributed by atoms with E-state index >= 15 is 0 Å². The summed E-state index contributed by atoms with van der Waals surface area (Å²) in [7, 11) is 0. The standard InChI is InChI=1S/C22H17NO3/c1-15(24)18-8-5-9-19(14-18)21(23)16-10-12-20(13-11-16)26-22(25)17-6-3-2-4-7-17/h2-14,23H,1H3. The minimum atomic E-state index is -0.428. The first-order chi connectivity index (χ1) is 12.5. The number of carbonyl (C=O) groups excluding carboxylic acids is 2. The SMILES string of the molecule is CC(=O)c1cccc(C(=N)c2ccc(OC(=O)c3ccccc3)cc2)c1. The number of carbonyl (C=O) groups is 2. The maximum Gasteiger partial charge on any atom is 0.343 e. The highest BCUT2D eigenvalue weighted by Gasteiger charge is 2.10. The molecule has 0 atom stereocenters. The Balaban J connectivity index is 1.75. The summed E-state index contributed by atoms with van der Waals surface area (Å²) in [5.74, 6) is -0.0571. The predicted molar refractivity (Wildman–Crippen MR) is 100 cm³/mol. The second-order valence-electron chi connectivity index (χ2n) is 5.79. The first-order valence-electron chi connectivity index (χ1n) is 8.12. The third-order valence-corrected chi connectivity index (χ3v) is 3.92. The van der Waals surface area contributed by atoms with Crippen molar-refractivity contribution in [2.45, 2.75) is 6.92 Å². The molecule has 0 saturated heterocycles. The Hall–Kier alpha value is -3.53. The zero-order valence-electron chi connectivity index (χ0n) is 14.2. The molecule has 0 saturated carbocycles. The Kier molecular flexibility index (Phi) is 5.04. The van der Waals surface area contributed by atoms with Crippen molar-refractivity contribution in [1.29, 1.82) is 5.41 Å². The highest BCUT2D eigenvalue weighted by atomic mass is 16.5. The second-order valence-corrected chi connectivity index (χ2v) is 5.79. The van der Waals surface area contributed by atoms with Crippen LogP contribution in [0.5, 0.6) is 5.75 Å². The van der Waals surface area contributed by atoms with Gasteiger partial charge in [0.25, 0.3) is 0 Å². The highest BCUT2D eigenvalue weighted by Crippen LogP contribution is 2.17. The van der Waals surface area contributed by atoms with Gasteiger partial charge in [0.15, 0.2) is 5.78 Å². The number of ether oxygens (including phenoxy) is 1. The van der Waals surface area contributed by atoms with E-state index in [1.165, 1.54) is 6.92 Å². The summed E-state index contributed by atoms with van der Waals surface area (Å²) in [6.45, 7) is 1.50. The quantitative estimate of drug-likeness (QED) is 0.320. The molecule has 0 bridgehead atoms. The summed E-state index contributed by atoms with van der Waals surface area (Å²) < 4.78 is 5.34. The van der Waals surface area contributed by atoms with Gasteiger partial charge in [0.2, 0.25) is 0 Å². The first-order valence-corrected chi connectivity index (χ1v) is 8.12. The van der Waals surface area contributed by atoms with Gasteiger partial charge in [-0.2, -0.15) is 0 Å². The van der Waals surface area contributed by atoms with E-state index in [1.54, 1.807) is 72.8 Å². The number of Topliss-reactive ketones (excluding diaryl/α,β-unsaturated/α-hetero) is 1. The lowest BCUT2D eigenvalue weighted by molar-refractivity contribution is 0.0734. The van der Waals surface area contributed by atoms with Crippen LogP contribution in [-0.4, -0.2) is 17.5 Å². The van der Waals surface area contributed by atoms with Crippen LogP contribution in [0.25, 0.3) is 0 Å². The third-order valence-electron chi connectivity index (χ3n) is 3.92. The summed E-state index contributed by atoms with van der Waals surface area (Å²) in [5.41, 5.74) is 2.68. The largest absolute Gasteiger partial charge is 0.423 e. The van der Waals surface area contributed by atoms with Gasteiger partial charge in [-0.3, -0.25) is 10.2 Å². The summed E-state index contributed by atoms with van der Waals surface area (Å²) in [5, 5.41) is 8.34. The molecule has 3 rings (SSSR count). The molecule has 1 N–H and O–H groups in total. The van der Waals surface area contributed by atoms with Crippen LogP contribution in [0.1, 0.15) is 38.8 Å². The first kappa shape index (κ1) is 17.3. The van der Waals surface area contributed by atoms with Gasteiger partial charge in [-0.1, -0.05) is 36.4 Å². The van der Waals surface area contributed by atoms with Crippen LogP contribution in [0.3, 0.4) is 0 Å². The molecule has 26 heavy (non-hydrogen) atoms. The summed E-state index contributed by atoms with van der Waals surface area (Å²) in [6.07, 6.45) is 0. The monoisotopic (exact) mass is 343 g/mol. The normalized spacial score (nSPS) is 10.2. The van der Waals surface area contributed by atoms with Crippen molar-refractivity contribution in [3.63, 3.8) is 0 Å². The molecule has 0 radical (unpaired) electrons. The molecular weight excluding hydrogens is 326 g/mol. The molecule has 0 spiro atoms. The summed E-state index contributed by atoms with van der Waals surface area (Å²) in [6, 6.07) is 22.5. The maximum absolute atomic E-state index is 12.1. The molecule has 0 aliphatic rings. The topological polar surface area (TPSA) is 67.2 Å². The molecule has 3 aromatic carbocycles. The van der Waals surface area contributed by atoms with Gasteiger partial charge in [0, 0.05) is 16.7 Å². The molecule has 0 heterocycles. The maximum atomic E-state index is 12.1. The zero-order valence-corrected chi connectivity index (χ0v) is 14.2. The fourth-order valence-electron chi connectivity index (χ4n) is 2.49. The van der Waals surface area contributed by atoms with Crippen molar-refractivity contribution in [2.75, 3.05) is 0 Å². The number of ketones is 1. The molecule has 0 aliphatic carbocycles. The molecule has 4 nitrogen and oxygen atoms in total. The minimum absolute atomic E-state index is 0.0391. The Bertz CT molecular complexity index is 960. The number of benzene rings is 3. The molecule has 0 amide bonds. The number of hydrogen-bond acceptors (Lipinski definition) is 4. The van der Waals surface area contributed by atoms with Gasteiger partial charge in [-0.25, -0.2) is 4.79 Å². The average Bonchev–Trinajstić information content (AvgIpc) is 2.68. The van der Waals surface area contributed by atoms with E-state index in [-0.39, 0.29) is 5.78 Å². The van der Waals surface area contributed by atoms with Crippen molar-refractivity contribution in [3.8, 4) is 5.75 Å². The van der Waals surface area contributed by atoms with E-state index in [1.807, 2.05) is 6.07 Å². The van der Waals surface area contributed by atoms with Crippen LogP contribution in [0.4, 0.5) is 0 Å². The van der Waals surface area contributed by atoms with Gasteiger partial charge in [-0.05, 0) is 49.4 Å². The van der Waals surface area contributed by atoms with Crippen LogP contribution in [0.15, 0.2) is 78.9 Å². The van der Waals surface area contributed by atoms with Crippen LogP contribution >= 0.6 is 0 Å². The van der Waals surface area contributed by atoms with Crippen molar-refractivity contribution >= 4 is 17.5 Å². The van der Waals surface area contributed by atoms with Crippen molar-refractivity contribution < 1.29 is 14.3 Å². The Morgan fingerprint density at radius 3 is 2.00 bits per heavy atom. The molecule has 0 aromatic heterocycles. The fourth-order valence-corrected chi connectivity index (χ4v) is 2.49. The highest BCUT2D eigenvalue weighted by molar-refractivity contribution is 6.12. The van der Waals surface area contributed by atoms with Crippen LogP contribution in [-0.2, 0) is 0 Å². The van der Waals surface area contributed by atoms with Gasteiger partial charge < -0.3 is 4.74 Å². The summed E-state index contributed by atoms with van der Waals surface area (Å²) >= 11 is 0. The van der Waals surface area contributed by atoms with E-state index in [2.05, 4.69) is 0 Å². The Morgan fingerprint density at radius 1 is 0.731 bits per heavy atom. The molecule has 0 aliphatic heterocycles. The number of nitrogens with one attached hydrogen (secondary N) is 1. The third kappa shape index (κ3) is 3.92. The fraction of sp³-hybridized carbons (Fsp3) is 0.0455. The van der Waals surface area contributed by atoms with Crippen molar-refractivity contribution in [3.05, 3.63) is 101 Å². The van der Waals surface area contributed by atoms with E-state index in [0.29, 0.717) is 33.7 Å². The van der Waals surface area contributed by atoms with Crippen molar-refractivity contribution in [1.82, 2.24) is 0 Å². The van der Waals surface area contributed by atoms with Gasteiger partial charge in [0.1, 0.15) is 5.75 Å². The average molecular weight is 343 g/mol. The lowest BCUT2D eigenvalue weighted by atomic mass is 9.99. The van der Waals surface area contributed by atoms with E-state index in [9.17, 15) is 9.59 Å². The minimum Gasteiger partial charge on any atom is -0.423 e. The molecule has 4 heteroatoms. The van der Waals surface area contributed by atoms with Gasteiger partial charge >= 0.3 is 5.97 Å². The molecular formula is C22H17NO3. The predicted octanol–water partition coefficient (Wildman–Crippen LogP) is 4.52. The lowest BCUT2D eigenvalue weighted by Gasteiger charge is -2.08. The van der Waals surface area contributed by atoms with Crippen molar-refractivity contribution in [2.24, 2.45) is 0 Å². The Morgan fingerprint density at radius 2 is 1.35 bits per heavy atom. The lowest BCUT2D eigenvalue weighted by Crippen LogP contribution is -2.08. The van der Waals surface area contributed by atoms with E-state index in [0.717, 1.165) is 0 Å². The second kappa shape index (κ2) is 7.57. The number of rotatable bonds is 5.